The number of carbonyl (C=O) groups excluding carboxylic acids is 1. The number of alkyl halides is 3. The molecule has 0 aromatic carbocycles. The topological polar surface area (TPSA) is 70.1 Å². The van der Waals surface area contributed by atoms with Gasteiger partial charge in [0.05, 0.1) is 28.3 Å². The van der Waals surface area contributed by atoms with Crippen molar-refractivity contribution in [2.75, 3.05) is 31.4 Å². The molecule has 0 saturated heterocycles. The van der Waals surface area contributed by atoms with E-state index >= 15 is 0 Å². The molecule has 0 amide bonds. The van der Waals surface area contributed by atoms with Crippen LogP contribution >= 0.6 is 11.8 Å². The fourth-order valence-corrected chi connectivity index (χ4v) is 4.44. The van der Waals surface area contributed by atoms with E-state index in [2.05, 4.69) is 11.1 Å². The largest absolute Gasteiger partial charge is 0.405 e. The van der Waals surface area contributed by atoms with Crippen molar-refractivity contribution < 1.29 is 27.5 Å². The minimum atomic E-state index is -4.39. The van der Waals surface area contributed by atoms with E-state index in [4.69, 9.17) is 4.84 Å². The van der Waals surface area contributed by atoms with Crippen molar-refractivity contribution in [2.45, 2.75) is 36.3 Å². The highest BCUT2D eigenvalue weighted by molar-refractivity contribution is 7.99. The molecule has 2 aromatic rings. The second kappa shape index (κ2) is 9.83. The second-order valence-corrected chi connectivity index (χ2v) is 8.98. The van der Waals surface area contributed by atoms with Crippen LogP contribution in [0.2, 0.25) is 0 Å². The molecule has 0 spiro atoms. The normalized spacial score (nSPS) is 14.7. The van der Waals surface area contributed by atoms with Gasteiger partial charge in [0.25, 0.3) is 5.69 Å². The molecule has 0 atom stereocenters. The first-order valence-electron chi connectivity index (χ1n) is 10.3. The van der Waals surface area contributed by atoms with Crippen molar-refractivity contribution in [3.05, 3.63) is 41.7 Å². The van der Waals surface area contributed by atoms with E-state index in [0.29, 0.717) is 23.2 Å². The second-order valence-electron chi connectivity index (χ2n) is 7.67. The highest BCUT2D eigenvalue weighted by Crippen LogP contribution is 2.48. The summed E-state index contributed by atoms with van der Waals surface area (Å²) in [6.07, 6.45) is 3.53. The van der Waals surface area contributed by atoms with Gasteiger partial charge in [0.15, 0.2) is 0 Å². The van der Waals surface area contributed by atoms with E-state index in [-0.39, 0.29) is 5.69 Å². The Morgan fingerprint density at radius 1 is 1.39 bits per heavy atom. The average molecular weight is 478 g/mol. The van der Waals surface area contributed by atoms with Gasteiger partial charge in [-0.25, -0.2) is 4.98 Å². The van der Waals surface area contributed by atoms with Gasteiger partial charge < -0.3 is 4.90 Å². The van der Waals surface area contributed by atoms with Gasteiger partial charge in [0, 0.05) is 22.9 Å². The van der Waals surface area contributed by atoms with E-state index in [9.17, 15) is 23.2 Å². The van der Waals surface area contributed by atoms with Crippen LogP contribution in [0.1, 0.15) is 30.9 Å². The number of nitriles is 1. The van der Waals surface area contributed by atoms with Crippen LogP contribution in [-0.4, -0.2) is 43.9 Å². The van der Waals surface area contributed by atoms with Gasteiger partial charge in [0.1, 0.15) is 25.6 Å². The molecule has 0 unspecified atom stereocenters. The van der Waals surface area contributed by atoms with Crippen LogP contribution < -0.4 is 14.5 Å². The van der Waals surface area contributed by atoms with Crippen molar-refractivity contribution >= 4 is 29.8 Å². The molecule has 0 radical (unpaired) electrons. The van der Waals surface area contributed by atoms with Gasteiger partial charge in [-0.1, -0.05) is 6.92 Å². The fourth-order valence-electron chi connectivity index (χ4n) is 3.59. The summed E-state index contributed by atoms with van der Waals surface area (Å²) in [5.41, 5.74) is 2.07. The minimum Gasteiger partial charge on any atom is -0.364 e. The number of aromatic nitrogens is 2. The van der Waals surface area contributed by atoms with E-state index in [1.165, 1.54) is 32.5 Å². The van der Waals surface area contributed by atoms with E-state index in [1.54, 1.807) is 28.8 Å². The predicted octanol–water partition coefficient (Wildman–Crippen LogP) is 3.97. The maximum Gasteiger partial charge on any atom is 0.405 e. The molecule has 2 aromatic heterocycles. The molecular formula is C23H24F3N4O2S+. The molecule has 10 heteroatoms. The lowest BCUT2D eigenvalue weighted by Gasteiger charge is -2.22. The van der Waals surface area contributed by atoms with E-state index in [1.807, 2.05) is 13.0 Å². The number of halogens is 3. The summed E-state index contributed by atoms with van der Waals surface area (Å²) in [6.45, 7) is 0.840. The molecule has 2 heterocycles. The molecule has 1 aliphatic rings. The predicted molar refractivity (Wildman–Crippen MR) is 120 cm³/mol. The lowest BCUT2D eigenvalue weighted by molar-refractivity contribution is -0.878. The smallest absolute Gasteiger partial charge is 0.364 e. The lowest BCUT2D eigenvalue weighted by atomic mass is 9.99. The Kier molecular flexibility index (Phi) is 7.32. The Labute approximate surface area is 194 Å². The van der Waals surface area contributed by atoms with Crippen LogP contribution in [0.4, 0.5) is 18.9 Å². The maximum absolute atomic E-state index is 12.9. The number of nitrogens with zero attached hydrogens (tertiary/aromatic N) is 4. The zero-order valence-corrected chi connectivity index (χ0v) is 19.3. The summed E-state index contributed by atoms with van der Waals surface area (Å²) >= 11 is 1.55. The lowest BCUT2D eigenvalue weighted by Crippen LogP contribution is -2.44. The molecule has 1 fully saturated rings. The Balaban J connectivity index is 2.16. The monoisotopic (exact) mass is 477 g/mol. The highest BCUT2D eigenvalue weighted by Gasteiger charge is 2.47. The van der Waals surface area contributed by atoms with E-state index < -0.39 is 18.1 Å². The van der Waals surface area contributed by atoms with Crippen molar-refractivity contribution in [3.8, 4) is 17.5 Å². The number of allylic oxidation sites excluding steroid dienone is 1. The summed E-state index contributed by atoms with van der Waals surface area (Å²) in [5.74, 6) is 0.754. The molecule has 0 N–H and O–H groups in total. The van der Waals surface area contributed by atoms with Gasteiger partial charge >= 0.3 is 6.18 Å². The van der Waals surface area contributed by atoms with Crippen LogP contribution in [0.15, 0.2) is 35.5 Å². The Hall–Kier alpha value is -3.06. The SMILES string of the molecule is CCSc1cc(C2(C#N)CC2)c[n+](OC)c1-c1cc(/C=C\C=O)c(N(C)CC(F)(F)F)cn1. The molecule has 0 bridgehead atoms. The number of anilines is 1. The molecule has 174 valence electrons. The quantitative estimate of drug-likeness (QED) is 0.236. The van der Waals surface area contributed by atoms with Crippen LogP contribution in [-0.2, 0) is 10.2 Å². The van der Waals surface area contributed by atoms with Crippen LogP contribution in [0.5, 0.6) is 0 Å². The first-order valence-corrected chi connectivity index (χ1v) is 11.3. The Morgan fingerprint density at radius 3 is 2.67 bits per heavy atom. The number of aldehydes is 1. The van der Waals surface area contributed by atoms with Crippen LogP contribution in [0, 0.1) is 11.3 Å². The number of hydrogen-bond donors (Lipinski definition) is 0. The standard InChI is InChI=1S/C23H24F3N4O2S/c1-4-33-20-11-17(22(14-27)7-8-22)13-30(32-3)21(20)18-10-16(6-5-9-31)19(12-28-18)29(2)15-23(24,25)26/h5-6,9-13H,4,7-8,15H2,1-3H3/q+1/b6-5-. The molecule has 3 rings (SSSR count). The van der Waals surface area contributed by atoms with Crippen molar-refractivity contribution in [1.82, 2.24) is 4.98 Å². The Bertz CT molecular complexity index is 1110. The molecule has 1 aliphatic carbocycles. The minimum absolute atomic E-state index is 0.237. The van der Waals surface area contributed by atoms with Gasteiger partial charge in [-0.3, -0.25) is 9.63 Å². The van der Waals surface area contributed by atoms with Crippen molar-refractivity contribution in [3.63, 3.8) is 0 Å². The van der Waals surface area contributed by atoms with Gasteiger partial charge in [-0.05, 0) is 42.9 Å². The molecule has 0 aliphatic heterocycles. The zero-order chi connectivity index (χ0) is 24.2. The third-order valence-corrected chi connectivity index (χ3v) is 6.26. The number of thioether (sulfide) groups is 1. The first-order chi connectivity index (χ1) is 15.7. The van der Waals surface area contributed by atoms with E-state index in [0.717, 1.165) is 34.0 Å². The van der Waals surface area contributed by atoms with Gasteiger partial charge in [-0.15, -0.1) is 11.8 Å². The Morgan fingerprint density at radius 2 is 2.12 bits per heavy atom. The van der Waals surface area contributed by atoms with Gasteiger partial charge in [0.2, 0.25) is 6.20 Å². The highest BCUT2D eigenvalue weighted by atomic mass is 32.2. The number of rotatable bonds is 9. The third kappa shape index (κ3) is 5.47. The molecule has 33 heavy (non-hydrogen) atoms. The summed E-state index contributed by atoms with van der Waals surface area (Å²) in [7, 11) is 2.82. The third-order valence-electron chi connectivity index (χ3n) is 5.35. The van der Waals surface area contributed by atoms with Crippen molar-refractivity contribution in [2.24, 2.45) is 0 Å². The fraction of sp³-hybridized carbons (Fsp3) is 0.391. The van der Waals surface area contributed by atoms with Gasteiger partial charge in [-0.2, -0.15) is 18.4 Å². The summed E-state index contributed by atoms with van der Waals surface area (Å²) < 4.78 is 40.4. The number of hydrogen-bond acceptors (Lipinski definition) is 6. The first kappa shape index (κ1) is 24.6. The van der Waals surface area contributed by atoms with Crippen molar-refractivity contribution in [1.29, 1.82) is 5.26 Å². The molecular weight excluding hydrogens is 453 g/mol. The zero-order valence-electron chi connectivity index (χ0n) is 18.5. The molecule has 1 saturated carbocycles. The number of pyridine rings is 2. The average Bonchev–Trinajstić information content (AvgIpc) is 3.57. The summed E-state index contributed by atoms with van der Waals surface area (Å²) in [6, 6.07) is 5.97. The van der Waals surface area contributed by atoms with Crippen LogP contribution in [0.25, 0.3) is 17.5 Å². The molecule has 6 nitrogen and oxygen atoms in total. The van der Waals surface area contributed by atoms with Crippen LogP contribution in [0.3, 0.4) is 0 Å². The maximum atomic E-state index is 12.9. The summed E-state index contributed by atoms with van der Waals surface area (Å²) in [5, 5.41) is 9.62. The number of carbonyl (C=O) groups is 1. The summed E-state index contributed by atoms with van der Waals surface area (Å²) in [4.78, 5) is 22.8.